The van der Waals surface area contributed by atoms with Crippen molar-refractivity contribution in [3.05, 3.63) is 21.9 Å². The van der Waals surface area contributed by atoms with Crippen LogP contribution >= 0.6 is 11.3 Å². The smallest absolute Gasteiger partial charge is 0.0478 e. The van der Waals surface area contributed by atoms with Gasteiger partial charge in [0.2, 0.25) is 0 Å². The first-order valence-corrected chi connectivity index (χ1v) is 8.01. The standard InChI is InChI=1S/C15H26N2S/c1-4-16-11-13-7-5-6-10-17(3)15(13)14-9-8-12(2)18-14/h8-9,13,15-16H,4-7,10-11H2,1-3H3. The number of nitrogens with zero attached hydrogens (tertiary/aromatic N) is 1. The zero-order valence-corrected chi connectivity index (χ0v) is 12.7. The van der Waals surface area contributed by atoms with Gasteiger partial charge in [0.15, 0.2) is 0 Å². The van der Waals surface area contributed by atoms with E-state index in [1.807, 2.05) is 11.3 Å². The summed E-state index contributed by atoms with van der Waals surface area (Å²) in [7, 11) is 2.30. The summed E-state index contributed by atoms with van der Waals surface area (Å²) in [6.07, 6.45) is 4.08. The summed E-state index contributed by atoms with van der Waals surface area (Å²) in [5.41, 5.74) is 0. The minimum atomic E-state index is 0.616. The molecule has 0 aromatic carbocycles. The molecule has 0 radical (unpaired) electrons. The summed E-state index contributed by atoms with van der Waals surface area (Å²) in [5, 5.41) is 3.55. The van der Waals surface area contributed by atoms with Gasteiger partial charge in [0.05, 0.1) is 0 Å². The Kier molecular flexibility index (Phi) is 5.22. The number of nitrogens with one attached hydrogen (secondary N) is 1. The first kappa shape index (κ1) is 14.0. The van der Waals surface area contributed by atoms with Crippen molar-refractivity contribution < 1.29 is 0 Å². The summed E-state index contributed by atoms with van der Waals surface area (Å²) in [6.45, 7) is 7.89. The molecule has 1 fully saturated rings. The quantitative estimate of drug-likeness (QED) is 0.898. The van der Waals surface area contributed by atoms with Crippen LogP contribution in [0.4, 0.5) is 0 Å². The van der Waals surface area contributed by atoms with Crippen molar-refractivity contribution in [2.24, 2.45) is 5.92 Å². The van der Waals surface area contributed by atoms with Crippen molar-refractivity contribution in [2.45, 2.75) is 39.2 Å². The van der Waals surface area contributed by atoms with Crippen LogP contribution in [0.3, 0.4) is 0 Å². The minimum absolute atomic E-state index is 0.616. The van der Waals surface area contributed by atoms with Gasteiger partial charge in [0, 0.05) is 15.8 Å². The lowest BCUT2D eigenvalue weighted by atomic mass is 9.93. The van der Waals surface area contributed by atoms with Crippen molar-refractivity contribution in [2.75, 3.05) is 26.7 Å². The lowest BCUT2D eigenvalue weighted by molar-refractivity contribution is 0.193. The Morgan fingerprint density at radius 1 is 1.39 bits per heavy atom. The van der Waals surface area contributed by atoms with Gasteiger partial charge in [0.1, 0.15) is 0 Å². The molecule has 0 saturated carbocycles. The van der Waals surface area contributed by atoms with Crippen LogP contribution in [-0.2, 0) is 0 Å². The summed E-state index contributed by atoms with van der Waals surface area (Å²) < 4.78 is 0. The number of hydrogen-bond acceptors (Lipinski definition) is 3. The van der Waals surface area contributed by atoms with Gasteiger partial charge in [0.25, 0.3) is 0 Å². The molecule has 2 nitrogen and oxygen atoms in total. The Bertz CT molecular complexity index is 361. The molecule has 0 amide bonds. The Morgan fingerprint density at radius 2 is 2.22 bits per heavy atom. The van der Waals surface area contributed by atoms with Crippen LogP contribution in [0.25, 0.3) is 0 Å². The van der Waals surface area contributed by atoms with Gasteiger partial charge in [-0.3, -0.25) is 4.90 Å². The molecule has 1 aliphatic heterocycles. The van der Waals surface area contributed by atoms with E-state index < -0.39 is 0 Å². The van der Waals surface area contributed by atoms with Crippen molar-refractivity contribution >= 4 is 11.3 Å². The molecule has 2 heterocycles. The average molecular weight is 266 g/mol. The van der Waals surface area contributed by atoms with E-state index in [-0.39, 0.29) is 0 Å². The maximum atomic E-state index is 3.55. The minimum Gasteiger partial charge on any atom is -0.317 e. The maximum Gasteiger partial charge on any atom is 0.0478 e. The Morgan fingerprint density at radius 3 is 2.89 bits per heavy atom. The van der Waals surface area contributed by atoms with E-state index in [0.29, 0.717) is 6.04 Å². The van der Waals surface area contributed by atoms with E-state index in [2.05, 4.69) is 43.2 Å². The van der Waals surface area contributed by atoms with Gasteiger partial charge in [-0.15, -0.1) is 11.3 Å². The van der Waals surface area contributed by atoms with Crippen LogP contribution in [0.5, 0.6) is 0 Å². The fourth-order valence-corrected chi connectivity index (χ4v) is 4.17. The highest BCUT2D eigenvalue weighted by molar-refractivity contribution is 7.12. The summed E-state index contributed by atoms with van der Waals surface area (Å²) in [6, 6.07) is 5.22. The van der Waals surface area contributed by atoms with Crippen LogP contribution < -0.4 is 5.32 Å². The topological polar surface area (TPSA) is 15.3 Å². The SMILES string of the molecule is CCNCC1CCCCN(C)C1c1ccc(C)s1. The summed E-state index contributed by atoms with van der Waals surface area (Å²) >= 11 is 1.98. The summed E-state index contributed by atoms with van der Waals surface area (Å²) in [5.74, 6) is 0.760. The molecular formula is C15H26N2S. The second kappa shape index (κ2) is 6.69. The van der Waals surface area contributed by atoms with Gasteiger partial charge in [-0.1, -0.05) is 13.3 Å². The first-order chi connectivity index (χ1) is 8.72. The van der Waals surface area contributed by atoms with Gasteiger partial charge >= 0.3 is 0 Å². The molecule has 1 aliphatic rings. The number of thiophene rings is 1. The highest BCUT2D eigenvalue weighted by Crippen LogP contribution is 2.37. The van der Waals surface area contributed by atoms with Crippen molar-refractivity contribution in [1.82, 2.24) is 10.2 Å². The molecule has 0 bridgehead atoms. The zero-order chi connectivity index (χ0) is 13.0. The molecule has 102 valence electrons. The highest BCUT2D eigenvalue weighted by atomic mass is 32.1. The molecule has 0 spiro atoms. The van der Waals surface area contributed by atoms with E-state index in [9.17, 15) is 0 Å². The van der Waals surface area contributed by atoms with Gasteiger partial charge < -0.3 is 5.32 Å². The van der Waals surface area contributed by atoms with Crippen molar-refractivity contribution in [3.63, 3.8) is 0 Å². The Hall–Kier alpha value is -0.380. The maximum absolute atomic E-state index is 3.55. The monoisotopic (exact) mass is 266 g/mol. The second-order valence-electron chi connectivity index (χ2n) is 5.44. The largest absolute Gasteiger partial charge is 0.317 e. The summed E-state index contributed by atoms with van der Waals surface area (Å²) in [4.78, 5) is 5.56. The van der Waals surface area contributed by atoms with Gasteiger partial charge in [-0.25, -0.2) is 0 Å². The number of likely N-dealkylation sites (tertiary alicyclic amines) is 1. The lowest BCUT2D eigenvalue weighted by Gasteiger charge is -2.31. The van der Waals surface area contributed by atoms with E-state index in [1.54, 1.807) is 4.88 Å². The first-order valence-electron chi connectivity index (χ1n) is 7.19. The third-order valence-corrected chi connectivity index (χ3v) is 5.04. The number of aryl methyl sites for hydroxylation is 1. The van der Waals surface area contributed by atoms with Crippen LogP contribution in [0.2, 0.25) is 0 Å². The highest BCUT2D eigenvalue weighted by Gasteiger charge is 2.29. The van der Waals surface area contributed by atoms with Gasteiger partial charge in [-0.2, -0.15) is 0 Å². The van der Waals surface area contributed by atoms with Crippen molar-refractivity contribution in [1.29, 1.82) is 0 Å². The third kappa shape index (κ3) is 3.34. The van der Waals surface area contributed by atoms with Crippen LogP contribution in [0.15, 0.2) is 12.1 Å². The molecule has 3 heteroatoms. The molecule has 2 rings (SSSR count). The van der Waals surface area contributed by atoms with Crippen LogP contribution in [0.1, 0.15) is 42.0 Å². The average Bonchev–Trinajstić information content (AvgIpc) is 2.68. The third-order valence-electron chi connectivity index (χ3n) is 3.97. The zero-order valence-electron chi connectivity index (χ0n) is 11.9. The van der Waals surface area contributed by atoms with Crippen molar-refractivity contribution in [3.8, 4) is 0 Å². The number of hydrogen-bond donors (Lipinski definition) is 1. The van der Waals surface area contributed by atoms with E-state index >= 15 is 0 Å². The molecule has 2 unspecified atom stereocenters. The molecule has 1 N–H and O–H groups in total. The predicted octanol–water partition coefficient (Wildman–Crippen LogP) is 3.44. The van der Waals surface area contributed by atoms with E-state index in [0.717, 1.165) is 19.0 Å². The lowest BCUT2D eigenvalue weighted by Crippen LogP contribution is -2.34. The molecule has 1 aromatic rings. The molecule has 0 aliphatic carbocycles. The molecular weight excluding hydrogens is 240 g/mol. The number of rotatable bonds is 4. The van der Waals surface area contributed by atoms with Gasteiger partial charge in [-0.05, 0) is 64.5 Å². The fraction of sp³-hybridized carbons (Fsp3) is 0.733. The predicted molar refractivity (Wildman–Crippen MR) is 80.3 cm³/mol. The molecule has 1 saturated heterocycles. The van der Waals surface area contributed by atoms with E-state index in [1.165, 1.54) is 30.7 Å². The normalized spacial score (nSPS) is 26.2. The second-order valence-corrected chi connectivity index (χ2v) is 6.76. The van der Waals surface area contributed by atoms with Crippen LogP contribution in [-0.4, -0.2) is 31.6 Å². The molecule has 2 atom stereocenters. The Labute approximate surface area is 115 Å². The van der Waals surface area contributed by atoms with E-state index in [4.69, 9.17) is 0 Å². The fourth-order valence-electron chi connectivity index (χ4n) is 3.03. The van der Waals surface area contributed by atoms with Crippen LogP contribution in [0, 0.1) is 12.8 Å². The Balaban J connectivity index is 2.17. The molecule has 1 aromatic heterocycles. The molecule has 18 heavy (non-hydrogen) atoms.